The van der Waals surface area contributed by atoms with Gasteiger partial charge in [-0.15, -0.1) is 0 Å². The maximum atomic E-state index is 12.6. The number of carbonyl (C=O) groups is 1. The number of aryl methyl sites for hydroxylation is 1. The van der Waals surface area contributed by atoms with E-state index < -0.39 is 0 Å². The number of morpholine rings is 1. The standard InChI is InChI=1S/C14H20N2O3/c1-9-3-4-13(15)12(5-9)14(18)16-6-11(7-17)19-8-10(16)2/h3-5,10-11,17H,6-8,15H2,1-2H3. The molecule has 1 aliphatic rings. The number of nitrogens with two attached hydrogens (primary N) is 1. The Morgan fingerprint density at radius 2 is 2.32 bits per heavy atom. The van der Waals surface area contributed by atoms with Gasteiger partial charge in [0.05, 0.1) is 30.9 Å². The van der Waals surface area contributed by atoms with Crippen molar-refractivity contribution in [3.63, 3.8) is 0 Å². The fraction of sp³-hybridized carbons (Fsp3) is 0.500. The quantitative estimate of drug-likeness (QED) is 0.775. The zero-order chi connectivity index (χ0) is 14.0. The molecule has 0 saturated carbocycles. The van der Waals surface area contributed by atoms with Gasteiger partial charge >= 0.3 is 0 Å². The first kappa shape index (κ1) is 13.8. The summed E-state index contributed by atoms with van der Waals surface area (Å²) >= 11 is 0. The lowest BCUT2D eigenvalue weighted by atomic mass is 10.1. The second-order valence-corrected chi connectivity index (χ2v) is 5.04. The maximum Gasteiger partial charge on any atom is 0.256 e. The minimum Gasteiger partial charge on any atom is -0.398 e. The fourth-order valence-corrected chi connectivity index (χ4v) is 2.22. The fourth-order valence-electron chi connectivity index (χ4n) is 2.22. The molecule has 3 N–H and O–H groups in total. The third-order valence-electron chi connectivity index (χ3n) is 3.41. The van der Waals surface area contributed by atoms with E-state index in [1.165, 1.54) is 0 Å². The molecule has 1 aliphatic heterocycles. The highest BCUT2D eigenvalue weighted by Crippen LogP contribution is 2.20. The highest BCUT2D eigenvalue weighted by atomic mass is 16.5. The van der Waals surface area contributed by atoms with Gasteiger partial charge in [-0.2, -0.15) is 0 Å². The SMILES string of the molecule is Cc1ccc(N)c(C(=O)N2CC(CO)OCC2C)c1. The van der Waals surface area contributed by atoms with E-state index in [2.05, 4.69) is 0 Å². The number of anilines is 1. The first-order valence-electron chi connectivity index (χ1n) is 6.42. The predicted molar refractivity (Wildman–Crippen MR) is 72.9 cm³/mol. The summed E-state index contributed by atoms with van der Waals surface area (Å²) in [5.41, 5.74) is 7.88. The number of amides is 1. The van der Waals surface area contributed by atoms with Gasteiger partial charge in [0.1, 0.15) is 0 Å². The largest absolute Gasteiger partial charge is 0.398 e. The molecule has 5 heteroatoms. The number of ether oxygens (including phenoxy) is 1. The van der Waals surface area contributed by atoms with Crippen molar-refractivity contribution < 1.29 is 14.6 Å². The van der Waals surface area contributed by atoms with E-state index >= 15 is 0 Å². The van der Waals surface area contributed by atoms with Crippen molar-refractivity contribution in [2.45, 2.75) is 26.0 Å². The van der Waals surface area contributed by atoms with E-state index in [-0.39, 0.29) is 24.7 Å². The lowest BCUT2D eigenvalue weighted by Crippen LogP contribution is -2.52. The predicted octanol–water partition coefficient (Wildman–Crippen LogP) is 0.799. The number of carbonyl (C=O) groups excluding carboxylic acids is 1. The molecule has 0 aromatic heterocycles. The van der Waals surface area contributed by atoms with Gasteiger partial charge in [-0.1, -0.05) is 11.6 Å². The minimum absolute atomic E-state index is 0.0183. The molecule has 1 aromatic rings. The van der Waals surface area contributed by atoms with Crippen molar-refractivity contribution in [2.75, 3.05) is 25.5 Å². The summed E-state index contributed by atoms with van der Waals surface area (Å²) < 4.78 is 5.43. The topological polar surface area (TPSA) is 75.8 Å². The third kappa shape index (κ3) is 2.88. The smallest absolute Gasteiger partial charge is 0.256 e. The molecule has 2 atom stereocenters. The Balaban J connectivity index is 2.24. The van der Waals surface area contributed by atoms with Gasteiger partial charge in [0.2, 0.25) is 0 Å². The van der Waals surface area contributed by atoms with Crippen LogP contribution in [0.15, 0.2) is 18.2 Å². The van der Waals surface area contributed by atoms with Crippen molar-refractivity contribution >= 4 is 11.6 Å². The number of aliphatic hydroxyl groups is 1. The zero-order valence-electron chi connectivity index (χ0n) is 11.3. The van der Waals surface area contributed by atoms with Gasteiger partial charge in [-0.3, -0.25) is 4.79 Å². The van der Waals surface area contributed by atoms with Crippen LogP contribution in [0.2, 0.25) is 0 Å². The summed E-state index contributed by atoms with van der Waals surface area (Å²) in [6.45, 7) is 4.60. The maximum absolute atomic E-state index is 12.6. The number of hydrogen-bond donors (Lipinski definition) is 2. The van der Waals surface area contributed by atoms with Crippen molar-refractivity contribution in [3.8, 4) is 0 Å². The lowest BCUT2D eigenvalue weighted by molar-refractivity contribution is -0.0667. The minimum atomic E-state index is -0.314. The van der Waals surface area contributed by atoms with Crippen LogP contribution in [0.25, 0.3) is 0 Å². The van der Waals surface area contributed by atoms with Gasteiger partial charge in [-0.25, -0.2) is 0 Å². The van der Waals surface area contributed by atoms with Gasteiger partial charge in [0.25, 0.3) is 5.91 Å². The molecule has 0 spiro atoms. The van der Waals surface area contributed by atoms with Crippen LogP contribution in [-0.2, 0) is 4.74 Å². The molecule has 2 rings (SSSR count). The van der Waals surface area contributed by atoms with Crippen LogP contribution in [0.1, 0.15) is 22.8 Å². The Hall–Kier alpha value is -1.59. The molecule has 0 bridgehead atoms. The van der Waals surface area contributed by atoms with Crippen molar-refractivity contribution in [1.29, 1.82) is 0 Å². The number of rotatable bonds is 2. The molecule has 0 aliphatic carbocycles. The molecular formula is C14H20N2O3. The van der Waals surface area contributed by atoms with Crippen LogP contribution < -0.4 is 5.73 Å². The number of nitrogen functional groups attached to an aromatic ring is 1. The Morgan fingerprint density at radius 1 is 1.58 bits per heavy atom. The first-order chi connectivity index (χ1) is 9.02. The summed E-state index contributed by atoms with van der Waals surface area (Å²) in [5, 5.41) is 9.16. The second-order valence-electron chi connectivity index (χ2n) is 5.04. The van der Waals surface area contributed by atoms with Crippen LogP contribution >= 0.6 is 0 Å². The lowest BCUT2D eigenvalue weighted by Gasteiger charge is -2.37. The van der Waals surface area contributed by atoms with Crippen LogP contribution in [0.4, 0.5) is 5.69 Å². The van der Waals surface area contributed by atoms with Gasteiger partial charge in [-0.05, 0) is 26.0 Å². The van der Waals surface area contributed by atoms with E-state index in [0.29, 0.717) is 24.4 Å². The molecule has 1 heterocycles. The van der Waals surface area contributed by atoms with Crippen LogP contribution in [-0.4, -0.2) is 47.8 Å². The Bertz CT molecular complexity index is 476. The molecule has 2 unspecified atom stereocenters. The summed E-state index contributed by atoms with van der Waals surface area (Å²) in [6, 6.07) is 5.41. The average Bonchev–Trinajstić information content (AvgIpc) is 2.41. The molecule has 104 valence electrons. The summed E-state index contributed by atoms with van der Waals surface area (Å²) in [5.74, 6) is -0.101. The third-order valence-corrected chi connectivity index (χ3v) is 3.41. The number of hydrogen-bond acceptors (Lipinski definition) is 4. The van der Waals surface area contributed by atoms with E-state index in [4.69, 9.17) is 15.6 Å². The summed E-state index contributed by atoms with van der Waals surface area (Å²) in [6.07, 6.45) is -0.314. The second kappa shape index (κ2) is 5.59. The molecule has 5 nitrogen and oxygen atoms in total. The van der Waals surface area contributed by atoms with E-state index in [1.807, 2.05) is 19.9 Å². The molecule has 19 heavy (non-hydrogen) atoms. The van der Waals surface area contributed by atoms with Crippen molar-refractivity contribution in [1.82, 2.24) is 4.90 Å². The van der Waals surface area contributed by atoms with Gasteiger partial charge in [0, 0.05) is 12.2 Å². The molecule has 0 radical (unpaired) electrons. The molecule has 1 amide bonds. The van der Waals surface area contributed by atoms with Crippen molar-refractivity contribution in [2.24, 2.45) is 0 Å². The monoisotopic (exact) mass is 264 g/mol. The summed E-state index contributed by atoms with van der Waals surface area (Å²) in [4.78, 5) is 14.3. The highest BCUT2D eigenvalue weighted by Gasteiger charge is 2.30. The molecule has 1 saturated heterocycles. The van der Waals surface area contributed by atoms with Crippen molar-refractivity contribution in [3.05, 3.63) is 29.3 Å². The zero-order valence-corrected chi connectivity index (χ0v) is 11.3. The first-order valence-corrected chi connectivity index (χ1v) is 6.42. The Kier molecular flexibility index (Phi) is 4.07. The van der Waals surface area contributed by atoms with E-state index in [1.54, 1.807) is 17.0 Å². The van der Waals surface area contributed by atoms with Gasteiger partial charge in [0.15, 0.2) is 0 Å². The molecular weight excluding hydrogens is 244 g/mol. The van der Waals surface area contributed by atoms with Gasteiger partial charge < -0.3 is 20.5 Å². The van der Waals surface area contributed by atoms with E-state index in [0.717, 1.165) is 5.56 Å². The van der Waals surface area contributed by atoms with Crippen LogP contribution in [0.3, 0.4) is 0 Å². The average molecular weight is 264 g/mol. The number of benzene rings is 1. The Morgan fingerprint density at radius 3 is 3.00 bits per heavy atom. The molecule has 1 aromatic carbocycles. The molecule has 1 fully saturated rings. The van der Waals surface area contributed by atoms with Crippen LogP contribution in [0, 0.1) is 6.92 Å². The van der Waals surface area contributed by atoms with Crippen LogP contribution in [0.5, 0.6) is 0 Å². The highest BCUT2D eigenvalue weighted by molar-refractivity contribution is 5.99. The van der Waals surface area contributed by atoms with E-state index in [9.17, 15) is 4.79 Å². The number of nitrogens with zero attached hydrogens (tertiary/aromatic N) is 1. The normalized spacial score (nSPS) is 23.4. The Labute approximate surface area is 113 Å². The summed E-state index contributed by atoms with van der Waals surface area (Å²) in [7, 11) is 0. The number of aliphatic hydroxyl groups excluding tert-OH is 1.